The first kappa shape index (κ1) is 12.7. The van der Waals surface area contributed by atoms with Crippen molar-refractivity contribution in [2.24, 2.45) is 5.73 Å². The summed E-state index contributed by atoms with van der Waals surface area (Å²) in [4.78, 5) is 0. The molecular weight excluding hydrogens is 234 g/mol. The van der Waals surface area contributed by atoms with Crippen LogP contribution in [0.25, 0.3) is 0 Å². The van der Waals surface area contributed by atoms with Crippen molar-refractivity contribution in [3.05, 3.63) is 0 Å². The largest absolute Gasteiger partial charge is 0.386 e. The van der Waals surface area contributed by atoms with Crippen LogP contribution < -0.4 is 5.73 Å². The molecule has 2 fully saturated rings. The average molecular weight is 259 g/mol. The SMILES string of the molecule is NC(=S)[SH](C1CCCCC1)C1CCCCC1. The molecule has 0 aromatic rings. The fourth-order valence-electron chi connectivity index (χ4n) is 3.38. The molecule has 3 heteroatoms. The van der Waals surface area contributed by atoms with Crippen LogP contribution in [0, 0.1) is 0 Å². The van der Waals surface area contributed by atoms with Crippen molar-refractivity contribution in [1.82, 2.24) is 0 Å². The average Bonchev–Trinajstić information content (AvgIpc) is 2.31. The summed E-state index contributed by atoms with van der Waals surface area (Å²) in [7, 11) is -0.147. The number of thiocarbonyl (C=S) groups is 1. The van der Waals surface area contributed by atoms with Crippen LogP contribution in [0.5, 0.6) is 0 Å². The lowest BCUT2D eigenvalue weighted by Gasteiger charge is -2.40. The Balaban J connectivity index is 1.99. The molecule has 0 aliphatic heterocycles. The highest BCUT2D eigenvalue weighted by atomic mass is 32.2. The van der Waals surface area contributed by atoms with Gasteiger partial charge in [0.2, 0.25) is 0 Å². The summed E-state index contributed by atoms with van der Waals surface area (Å²) in [5, 5.41) is 1.76. The van der Waals surface area contributed by atoms with E-state index < -0.39 is 0 Å². The summed E-state index contributed by atoms with van der Waals surface area (Å²) in [5.74, 6) is 0. The van der Waals surface area contributed by atoms with Crippen LogP contribution in [0.15, 0.2) is 0 Å². The molecule has 0 saturated heterocycles. The molecule has 0 aromatic heterocycles. The highest BCUT2D eigenvalue weighted by Crippen LogP contribution is 2.48. The molecule has 0 atom stereocenters. The van der Waals surface area contributed by atoms with Crippen LogP contribution in [0.2, 0.25) is 0 Å². The van der Waals surface area contributed by atoms with E-state index in [2.05, 4.69) is 0 Å². The molecule has 0 amide bonds. The molecule has 2 N–H and O–H groups in total. The summed E-state index contributed by atoms with van der Waals surface area (Å²) >= 11 is 5.39. The molecule has 0 unspecified atom stereocenters. The number of nitrogens with two attached hydrogens (primary N) is 1. The predicted molar refractivity (Wildman–Crippen MR) is 79.5 cm³/mol. The van der Waals surface area contributed by atoms with Gasteiger partial charge in [-0.1, -0.05) is 50.7 Å². The summed E-state index contributed by atoms with van der Waals surface area (Å²) < 4.78 is 0.883. The summed E-state index contributed by atoms with van der Waals surface area (Å²) in [6.45, 7) is 0. The zero-order chi connectivity index (χ0) is 11.4. The van der Waals surface area contributed by atoms with Crippen LogP contribution in [0.3, 0.4) is 0 Å². The quantitative estimate of drug-likeness (QED) is 0.581. The lowest BCUT2D eigenvalue weighted by molar-refractivity contribution is 0.493. The van der Waals surface area contributed by atoms with Crippen molar-refractivity contribution in [2.45, 2.75) is 74.7 Å². The predicted octanol–water partition coefficient (Wildman–Crippen LogP) is 3.90. The van der Waals surface area contributed by atoms with Crippen molar-refractivity contribution in [2.75, 3.05) is 0 Å². The van der Waals surface area contributed by atoms with E-state index in [0.717, 1.165) is 14.8 Å². The number of rotatable bonds is 2. The summed E-state index contributed by atoms with van der Waals surface area (Å²) in [5.41, 5.74) is 6.06. The minimum atomic E-state index is -0.147. The smallest absolute Gasteiger partial charge is 0.111 e. The van der Waals surface area contributed by atoms with Crippen LogP contribution in [0.1, 0.15) is 64.2 Å². The third-order valence-corrected chi connectivity index (χ3v) is 7.94. The van der Waals surface area contributed by atoms with Gasteiger partial charge in [-0.25, -0.2) is 0 Å². The van der Waals surface area contributed by atoms with Crippen molar-refractivity contribution in [3.8, 4) is 0 Å². The molecule has 0 bridgehead atoms. The van der Waals surface area contributed by atoms with Gasteiger partial charge < -0.3 is 5.73 Å². The van der Waals surface area contributed by atoms with E-state index in [4.69, 9.17) is 18.0 Å². The Morgan fingerprint density at radius 1 is 0.812 bits per heavy atom. The Kier molecular flexibility index (Phi) is 4.96. The van der Waals surface area contributed by atoms with Gasteiger partial charge in [-0.2, -0.15) is 10.9 Å². The van der Waals surface area contributed by atoms with E-state index in [1.807, 2.05) is 0 Å². The van der Waals surface area contributed by atoms with Gasteiger partial charge in [0.05, 0.1) is 0 Å². The Morgan fingerprint density at radius 3 is 1.50 bits per heavy atom. The van der Waals surface area contributed by atoms with Gasteiger partial charge in [0.15, 0.2) is 0 Å². The lowest BCUT2D eigenvalue weighted by atomic mass is 10.00. The van der Waals surface area contributed by atoms with Crippen molar-refractivity contribution in [1.29, 1.82) is 0 Å². The van der Waals surface area contributed by atoms with E-state index in [1.165, 1.54) is 64.2 Å². The fourth-order valence-corrected chi connectivity index (χ4v) is 7.43. The fraction of sp³-hybridized carbons (Fsp3) is 0.923. The van der Waals surface area contributed by atoms with Crippen LogP contribution in [-0.2, 0) is 0 Å². The Bertz CT molecular complexity index is 212. The molecule has 2 rings (SSSR count). The molecule has 16 heavy (non-hydrogen) atoms. The highest BCUT2D eigenvalue weighted by molar-refractivity contribution is 8.36. The maximum atomic E-state index is 6.06. The van der Waals surface area contributed by atoms with E-state index in [-0.39, 0.29) is 10.9 Å². The van der Waals surface area contributed by atoms with E-state index in [1.54, 1.807) is 0 Å². The zero-order valence-corrected chi connectivity index (χ0v) is 11.9. The Labute approximate surface area is 108 Å². The molecular formula is C13H25NS2. The number of thiol groups is 1. The third-order valence-electron chi connectivity index (χ3n) is 4.19. The lowest BCUT2D eigenvalue weighted by Crippen LogP contribution is -2.30. The first-order valence-corrected chi connectivity index (χ1v) is 8.75. The molecule has 0 heterocycles. The van der Waals surface area contributed by atoms with Crippen LogP contribution in [0.4, 0.5) is 0 Å². The van der Waals surface area contributed by atoms with Gasteiger partial charge in [-0.05, 0) is 36.2 Å². The Hall–Kier alpha value is 0.240. The maximum Gasteiger partial charge on any atom is 0.111 e. The van der Waals surface area contributed by atoms with Gasteiger partial charge >= 0.3 is 0 Å². The molecule has 2 aliphatic rings. The summed E-state index contributed by atoms with van der Waals surface area (Å²) in [6.07, 6.45) is 14.1. The minimum Gasteiger partial charge on any atom is -0.386 e. The van der Waals surface area contributed by atoms with Gasteiger partial charge in [0.1, 0.15) is 4.32 Å². The molecule has 0 radical (unpaired) electrons. The zero-order valence-electron chi connectivity index (χ0n) is 10.2. The molecule has 94 valence electrons. The molecule has 2 saturated carbocycles. The van der Waals surface area contributed by atoms with Gasteiger partial charge in [-0.3, -0.25) is 0 Å². The minimum absolute atomic E-state index is 0.147. The van der Waals surface area contributed by atoms with Crippen LogP contribution in [-0.4, -0.2) is 14.8 Å². The second-order valence-electron chi connectivity index (χ2n) is 5.33. The normalized spacial score (nSPS) is 25.4. The van der Waals surface area contributed by atoms with Gasteiger partial charge in [0, 0.05) is 0 Å². The standard InChI is InChI=1S/C13H25NS2/c14-13(15)16(11-7-3-1-4-8-11)12-9-5-2-6-10-12/h11-12,16H,1-10H2,(H2,14,15). The van der Waals surface area contributed by atoms with Gasteiger partial charge in [0.25, 0.3) is 0 Å². The highest BCUT2D eigenvalue weighted by Gasteiger charge is 2.29. The number of hydrogen-bond acceptors (Lipinski definition) is 1. The van der Waals surface area contributed by atoms with Gasteiger partial charge in [-0.15, -0.1) is 0 Å². The van der Waals surface area contributed by atoms with E-state index in [9.17, 15) is 0 Å². The summed E-state index contributed by atoms with van der Waals surface area (Å²) in [6, 6.07) is 0. The molecule has 0 aromatic carbocycles. The first-order chi connectivity index (χ1) is 7.79. The molecule has 2 aliphatic carbocycles. The van der Waals surface area contributed by atoms with Crippen molar-refractivity contribution < 1.29 is 0 Å². The monoisotopic (exact) mass is 259 g/mol. The third kappa shape index (κ3) is 3.13. The van der Waals surface area contributed by atoms with Crippen molar-refractivity contribution >= 4 is 27.4 Å². The topological polar surface area (TPSA) is 26.0 Å². The molecule has 1 nitrogen and oxygen atoms in total. The van der Waals surface area contributed by atoms with Crippen LogP contribution >= 0.6 is 23.1 Å². The van der Waals surface area contributed by atoms with E-state index >= 15 is 0 Å². The second kappa shape index (κ2) is 6.25. The maximum absolute atomic E-state index is 6.06. The number of hydrogen-bond donors (Lipinski definition) is 2. The van der Waals surface area contributed by atoms with Crippen molar-refractivity contribution in [3.63, 3.8) is 0 Å². The second-order valence-corrected chi connectivity index (χ2v) is 8.83. The van der Waals surface area contributed by atoms with E-state index in [0.29, 0.717) is 0 Å². The Morgan fingerprint density at radius 2 is 1.19 bits per heavy atom. The first-order valence-electron chi connectivity index (χ1n) is 6.87. The molecule has 0 spiro atoms.